The summed E-state index contributed by atoms with van der Waals surface area (Å²) in [6, 6.07) is 9.21. The van der Waals surface area contributed by atoms with E-state index in [9.17, 15) is 26.0 Å². The molecule has 11 heteroatoms. The number of anilines is 1. The summed E-state index contributed by atoms with van der Waals surface area (Å²) in [4.78, 5) is 7.59. The van der Waals surface area contributed by atoms with Gasteiger partial charge in [-0.25, -0.2) is 22.8 Å². The first-order valence-electron chi connectivity index (χ1n) is 8.03. The first kappa shape index (κ1) is 20.5. The average Bonchev–Trinajstić information content (AvgIpc) is 2.64. The van der Waals surface area contributed by atoms with Gasteiger partial charge in [0.1, 0.15) is 0 Å². The summed E-state index contributed by atoms with van der Waals surface area (Å²) in [5, 5.41) is 0. The van der Waals surface area contributed by atoms with Gasteiger partial charge < -0.3 is 4.74 Å². The van der Waals surface area contributed by atoms with E-state index in [-0.39, 0.29) is 23.0 Å². The van der Waals surface area contributed by atoms with Crippen LogP contribution in [0.25, 0.3) is 0 Å². The summed E-state index contributed by atoms with van der Waals surface area (Å²) in [7, 11) is -3.93. The molecule has 0 aliphatic heterocycles. The van der Waals surface area contributed by atoms with Crippen molar-refractivity contribution in [3.8, 4) is 11.8 Å². The van der Waals surface area contributed by atoms with Gasteiger partial charge >= 0.3 is 12.2 Å². The molecular formula is C18H13F4N3O3S. The van der Waals surface area contributed by atoms with Crippen molar-refractivity contribution in [2.45, 2.75) is 11.9 Å². The van der Waals surface area contributed by atoms with Gasteiger partial charge in [-0.05, 0) is 29.8 Å². The summed E-state index contributed by atoms with van der Waals surface area (Å²) in [5.41, 5.74) is -0.686. The SMILES string of the molecule is O=S(=O)(Cc1ccc(C(F)(F)F)cc1)Nc1cnc(Oc2ccccc2F)nc1. The lowest BCUT2D eigenvalue weighted by Crippen LogP contribution is -2.15. The van der Waals surface area contributed by atoms with Crippen LogP contribution in [0.2, 0.25) is 0 Å². The second-order valence-electron chi connectivity index (χ2n) is 5.84. The molecule has 0 spiro atoms. The molecule has 152 valence electrons. The van der Waals surface area contributed by atoms with Gasteiger partial charge in [-0.1, -0.05) is 24.3 Å². The fraction of sp³-hybridized carbons (Fsp3) is 0.111. The highest BCUT2D eigenvalue weighted by Crippen LogP contribution is 2.29. The van der Waals surface area contributed by atoms with E-state index in [4.69, 9.17) is 4.74 Å². The van der Waals surface area contributed by atoms with Crippen molar-refractivity contribution < 1.29 is 30.7 Å². The zero-order valence-electron chi connectivity index (χ0n) is 14.5. The van der Waals surface area contributed by atoms with Gasteiger partial charge in [0, 0.05) is 0 Å². The lowest BCUT2D eigenvalue weighted by molar-refractivity contribution is -0.137. The Balaban J connectivity index is 1.65. The van der Waals surface area contributed by atoms with Crippen molar-refractivity contribution >= 4 is 15.7 Å². The third kappa shape index (κ3) is 5.64. The minimum Gasteiger partial charge on any atom is -0.421 e. The fourth-order valence-corrected chi connectivity index (χ4v) is 3.44. The largest absolute Gasteiger partial charge is 0.421 e. The zero-order chi connectivity index (χ0) is 21.1. The van der Waals surface area contributed by atoms with Gasteiger partial charge in [-0.3, -0.25) is 4.72 Å². The van der Waals surface area contributed by atoms with Gasteiger partial charge in [0.25, 0.3) is 0 Å². The van der Waals surface area contributed by atoms with Crippen LogP contribution in [0.5, 0.6) is 11.8 Å². The number of hydrogen-bond acceptors (Lipinski definition) is 5. The molecule has 0 fully saturated rings. The second-order valence-corrected chi connectivity index (χ2v) is 7.56. The number of ether oxygens (including phenoxy) is 1. The van der Waals surface area contributed by atoms with E-state index in [1.54, 1.807) is 6.07 Å². The van der Waals surface area contributed by atoms with Crippen molar-refractivity contribution in [1.29, 1.82) is 0 Å². The predicted molar refractivity (Wildman–Crippen MR) is 96.2 cm³/mol. The number of sulfonamides is 1. The smallest absolute Gasteiger partial charge is 0.416 e. The third-order valence-electron chi connectivity index (χ3n) is 3.58. The first-order chi connectivity index (χ1) is 13.6. The molecule has 1 N–H and O–H groups in total. The quantitative estimate of drug-likeness (QED) is 0.591. The molecule has 0 saturated carbocycles. The molecule has 2 aromatic carbocycles. The van der Waals surface area contributed by atoms with Crippen LogP contribution >= 0.6 is 0 Å². The lowest BCUT2D eigenvalue weighted by Gasteiger charge is -2.10. The van der Waals surface area contributed by atoms with E-state index < -0.39 is 33.3 Å². The normalized spacial score (nSPS) is 11.9. The van der Waals surface area contributed by atoms with Crippen molar-refractivity contribution in [3.05, 3.63) is 77.9 Å². The molecule has 0 aliphatic carbocycles. The number of hydrogen-bond donors (Lipinski definition) is 1. The van der Waals surface area contributed by atoms with Gasteiger partial charge in [0.2, 0.25) is 10.0 Å². The summed E-state index contributed by atoms with van der Waals surface area (Å²) in [6.45, 7) is 0. The molecule has 0 bridgehead atoms. The van der Waals surface area contributed by atoms with Crippen LogP contribution in [-0.2, 0) is 22.0 Å². The molecule has 29 heavy (non-hydrogen) atoms. The Bertz CT molecular complexity index is 1090. The van der Waals surface area contributed by atoms with Crippen molar-refractivity contribution in [2.24, 2.45) is 0 Å². The van der Waals surface area contributed by atoms with Crippen LogP contribution in [-0.4, -0.2) is 18.4 Å². The number of aromatic nitrogens is 2. The predicted octanol–water partition coefficient (Wildman–Crippen LogP) is 4.37. The molecule has 0 amide bonds. The monoisotopic (exact) mass is 427 g/mol. The molecule has 0 unspecified atom stereocenters. The number of nitrogens with one attached hydrogen (secondary N) is 1. The topological polar surface area (TPSA) is 81.2 Å². The van der Waals surface area contributed by atoms with E-state index >= 15 is 0 Å². The fourth-order valence-electron chi connectivity index (χ4n) is 2.27. The molecule has 0 saturated heterocycles. The molecule has 0 atom stereocenters. The lowest BCUT2D eigenvalue weighted by atomic mass is 10.1. The third-order valence-corrected chi connectivity index (χ3v) is 4.84. The molecule has 0 radical (unpaired) electrons. The molecule has 0 aliphatic rings. The number of halogens is 4. The van der Waals surface area contributed by atoms with Gasteiger partial charge in [0.05, 0.1) is 29.4 Å². The molecule has 3 rings (SSSR count). The van der Waals surface area contributed by atoms with Gasteiger partial charge in [-0.2, -0.15) is 13.2 Å². The molecule has 6 nitrogen and oxygen atoms in total. The Morgan fingerprint density at radius 1 is 0.966 bits per heavy atom. The summed E-state index contributed by atoms with van der Waals surface area (Å²) in [5.74, 6) is -1.25. The molecular weight excluding hydrogens is 414 g/mol. The van der Waals surface area contributed by atoms with Gasteiger partial charge in [0.15, 0.2) is 11.6 Å². The maximum Gasteiger partial charge on any atom is 0.416 e. The Hall–Kier alpha value is -3.21. The van der Waals surface area contributed by atoms with Crippen LogP contribution in [0.1, 0.15) is 11.1 Å². The highest BCUT2D eigenvalue weighted by Gasteiger charge is 2.30. The van der Waals surface area contributed by atoms with Crippen LogP contribution in [0, 0.1) is 5.82 Å². The standard InChI is InChI=1S/C18H13F4N3O3S/c19-15-3-1-2-4-16(15)28-17-23-9-14(10-24-17)25-29(26,27)11-12-5-7-13(8-6-12)18(20,21)22/h1-10,25H,11H2. The summed E-state index contributed by atoms with van der Waals surface area (Å²) in [6.07, 6.45) is -2.26. The van der Waals surface area contributed by atoms with Crippen molar-refractivity contribution in [1.82, 2.24) is 9.97 Å². The Morgan fingerprint density at radius 3 is 2.17 bits per heavy atom. The maximum absolute atomic E-state index is 13.5. The number of para-hydroxylation sites is 1. The second kappa shape index (κ2) is 8.03. The minimum absolute atomic E-state index is 0.0118. The molecule has 1 heterocycles. The van der Waals surface area contributed by atoms with E-state index in [1.165, 1.54) is 18.2 Å². The van der Waals surface area contributed by atoms with Crippen molar-refractivity contribution in [2.75, 3.05) is 4.72 Å². The average molecular weight is 427 g/mol. The Kier molecular flexibility index (Phi) is 5.69. The van der Waals surface area contributed by atoms with E-state index in [1.807, 2.05) is 0 Å². The van der Waals surface area contributed by atoms with Crippen molar-refractivity contribution in [3.63, 3.8) is 0 Å². The number of alkyl halides is 3. The van der Waals surface area contributed by atoms with Crippen LogP contribution in [0.3, 0.4) is 0 Å². The zero-order valence-corrected chi connectivity index (χ0v) is 15.3. The molecule has 1 aromatic heterocycles. The van der Waals surface area contributed by atoms with E-state index in [2.05, 4.69) is 14.7 Å². The van der Waals surface area contributed by atoms with Gasteiger partial charge in [-0.15, -0.1) is 0 Å². The van der Waals surface area contributed by atoms with Crippen LogP contribution in [0.4, 0.5) is 23.2 Å². The molecule has 3 aromatic rings. The Morgan fingerprint density at radius 2 is 1.59 bits per heavy atom. The van der Waals surface area contributed by atoms with E-state index in [0.29, 0.717) is 0 Å². The maximum atomic E-state index is 13.5. The first-order valence-corrected chi connectivity index (χ1v) is 9.69. The summed E-state index contributed by atoms with van der Waals surface area (Å²) >= 11 is 0. The number of rotatable bonds is 6. The van der Waals surface area contributed by atoms with Crippen LogP contribution in [0.15, 0.2) is 60.9 Å². The minimum atomic E-state index is -4.50. The summed E-state index contributed by atoms with van der Waals surface area (Å²) < 4.78 is 83.0. The van der Waals surface area contributed by atoms with Crippen LogP contribution < -0.4 is 9.46 Å². The number of benzene rings is 2. The highest BCUT2D eigenvalue weighted by atomic mass is 32.2. The van der Waals surface area contributed by atoms with E-state index in [0.717, 1.165) is 36.7 Å². The highest BCUT2D eigenvalue weighted by molar-refractivity contribution is 7.91. The number of nitrogens with zero attached hydrogens (tertiary/aromatic N) is 2. The Labute approximate surface area is 163 Å².